The molecule has 0 bridgehead atoms. The average molecular weight is 334 g/mol. The van der Waals surface area contributed by atoms with Gasteiger partial charge in [0.2, 0.25) is 0 Å². The first kappa shape index (κ1) is 17.7. The molecule has 7 nitrogen and oxygen atoms in total. The number of aromatic nitrogens is 1. The van der Waals surface area contributed by atoms with Crippen LogP contribution in [0.2, 0.25) is 0 Å². The Morgan fingerprint density at radius 1 is 1.17 bits per heavy atom. The van der Waals surface area contributed by atoms with Crippen LogP contribution in [0.1, 0.15) is 24.3 Å². The number of nitrogens with zero attached hydrogens (tertiary/aromatic N) is 1. The molecule has 0 fully saturated rings. The minimum absolute atomic E-state index is 0.226. The number of methoxy groups -OCH3 is 2. The third-order valence-corrected chi connectivity index (χ3v) is 4.01. The van der Waals surface area contributed by atoms with Crippen LogP contribution in [0.25, 0.3) is 10.9 Å². The average Bonchev–Trinajstić information content (AvgIpc) is 2.88. The quantitative estimate of drug-likeness (QED) is 0.844. The normalized spacial score (nSPS) is 12.2. The number of benzene rings is 1. The molecule has 0 aliphatic heterocycles. The summed E-state index contributed by atoms with van der Waals surface area (Å²) in [5, 5.41) is 12.6. The molecule has 2 rings (SSSR count). The van der Waals surface area contributed by atoms with Crippen molar-refractivity contribution in [2.24, 2.45) is 13.0 Å². The fourth-order valence-electron chi connectivity index (χ4n) is 2.61. The van der Waals surface area contributed by atoms with Gasteiger partial charge in [-0.1, -0.05) is 13.8 Å². The smallest absolute Gasteiger partial charge is 0.326 e. The van der Waals surface area contributed by atoms with Crippen LogP contribution in [0.15, 0.2) is 18.2 Å². The second-order valence-corrected chi connectivity index (χ2v) is 5.88. The highest BCUT2D eigenvalue weighted by Gasteiger charge is 2.26. The lowest BCUT2D eigenvalue weighted by atomic mass is 10.0. The Labute approximate surface area is 140 Å². The minimum Gasteiger partial charge on any atom is -0.497 e. The maximum absolute atomic E-state index is 12.5. The fourth-order valence-corrected chi connectivity index (χ4v) is 2.61. The lowest BCUT2D eigenvalue weighted by Gasteiger charge is -2.18. The van der Waals surface area contributed by atoms with Crippen LogP contribution in [0.4, 0.5) is 0 Å². The molecule has 1 unspecified atom stereocenters. The number of nitrogens with one attached hydrogen (secondary N) is 1. The highest BCUT2D eigenvalue weighted by molar-refractivity contribution is 6.02. The van der Waals surface area contributed by atoms with Gasteiger partial charge in [0.15, 0.2) is 0 Å². The number of ether oxygens (including phenoxy) is 2. The summed E-state index contributed by atoms with van der Waals surface area (Å²) in [5.41, 5.74) is 1.11. The van der Waals surface area contributed by atoms with E-state index in [1.165, 1.54) is 0 Å². The van der Waals surface area contributed by atoms with Crippen molar-refractivity contribution in [1.29, 1.82) is 0 Å². The van der Waals surface area contributed by atoms with Crippen LogP contribution in [0.5, 0.6) is 11.5 Å². The van der Waals surface area contributed by atoms with Gasteiger partial charge in [-0.25, -0.2) is 4.79 Å². The van der Waals surface area contributed by atoms with Crippen molar-refractivity contribution in [3.05, 3.63) is 23.9 Å². The first-order valence-corrected chi connectivity index (χ1v) is 7.55. The van der Waals surface area contributed by atoms with E-state index in [9.17, 15) is 14.7 Å². The molecule has 1 amide bonds. The largest absolute Gasteiger partial charge is 0.497 e. The summed E-state index contributed by atoms with van der Waals surface area (Å²) in [6, 6.07) is 4.26. The molecule has 1 aromatic heterocycles. The van der Waals surface area contributed by atoms with Crippen molar-refractivity contribution >= 4 is 22.8 Å². The van der Waals surface area contributed by atoms with Gasteiger partial charge in [-0.3, -0.25) is 4.79 Å². The van der Waals surface area contributed by atoms with Crippen LogP contribution in [-0.4, -0.2) is 41.8 Å². The van der Waals surface area contributed by atoms with E-state index in [1.807, 2.05) is 0 Å². The predicted molar refractivity (Wildman–Crippen MR) is 89.8 cm³/mol. The van der Waals surface area contributed by atoms with Gasteiger partial charge < -0.3 is 24.5 Å². The molecule has 130 valence electrons. The first-order chi connectivity index (χ1) is 11.3. The van der Waals surface area contributed by atoms with Gasteiger partial charge in [-0.15, -0.1) is 0 Å². The molecule has 1 atom stereocenters. The number of amides is 1. The standard InChI is InChI=1S/C17H22N2O5/c1-9(2)15(17(21)22)18-16(20)13-8-11-12(19(13)3)6-10(23-4)7-14(11)24-5/h6-9,15H,1-5H3,(H,18,20)(H,21,22). The number of rotatable bonds is 6. The summed E-state index contributed by atoms with van der Waals surface area (Å²) in [7, 11) is 4.83. The zero-order valence-corrected chi connectivity index (χ0v) is 14.4. The number of carbonyl (C=O) groups excluding carboxylic acids is 1. The number of hydrogen-bond acceptors (Lipinski definition) is 4. The van der Waals surface area contributed by atoms with E-state index in [0.29, 0.717) is 17.2 Å². The Kier molecular flexibility index (Phi) is 5.02. The monoisotopic (exact) mass is 334 g/mol. The minimum atomic E-state index is -1.06. The molecular weight excluding hydrogens is 312 g/mol. The Hall–Kier alpha value is -2.70. The molecule has 0 radical (unpaired) electrons. The Morgan fingerprint density at radius 3 is 2.33 bits per heavy atom. The Balaban J connectivity index is 2.47. The van der Waals surface area contributed by atoms with Crippen LogP contribution in [0.3, 0.4) is 0 Å². The van der Waals surface area contributed by atoms with E-state index in [2.05, 4.69) is 5.32 Å². The molecule has 1 aromatic carbocycles. The molecule has 2 aromatic rings. The lowest BCUT2D eigenvalue weighted by Crippen LogP contribution is -2.44. The number of hydrogen-bond donors (Lipinski definition) is 2. The molecule has 0 saturated carbocycles. The number of carboxylic acid groups (broad SMARTS) is 1. The summed E-state index contributed by atoms with van der Waals surface area (Å²) >= 11 is 0. The van der Waals surface area contributed by atoms with Gasteiger partial charge in [0.05, 0.1) is 19.7 Å². The van der Waals surface area contributed by atoms with Crippen LogP contribution < -0.4 is 14.8 Å². The summed E-state index contributed by atoms with van der Waals surface area (Å²) in [4.78, 5) is 23.8. The third-order valence-electron chi connectivity index (χ3n) is 4.01. The highest BCUT2D eigenvalue weighted by Crippen LogP contribution is 2.33. The molecule has 0 aliphatic rings. The third kappa shape index (κ3) is 3.15. The Morgan fingerprint density at radius 2 is 1.83 bits per heavy atom. The van der Waals surface area contributed by atoms with E-state index >= 15 is 0 Å². The van der Waals surface area contributed by atoms with Crippen molar-refractivity contribution in [2.45, 2.75) is 19.9 Å². The van der Waals surface area contributed by atoms with Crippen molar-refractivity contribution < 1.29 is 24.2 Å². The van der Waals surface area contributed by atoms with E-state index in [0.717, 1.165) is 10.9 Å². The maximum atomic E-state index is 12.5. The van der Waals surface area contributed by atoms with Crippen LogP contribution in [-0.2, 0) is 11.8 Å². The van der Waals surface area contributed by atoms with Crippen molar-refractivity contribution in [1.82, 2.24) is 9.88 Å². The first-order valence-electron chi connectivity index (χ1n) is 7.55. The van der Waals surface area contributed by atoms with Crippen LogP contribution in [0, 0.1) is 5.92 Å². The molecule has 0 spiro atoms. The molecular formula is C17H22N2O5. The fraction of sp³-hybridized carbons (Fsp3) is 0.412. The highest BCUT2D eigenvalue weighted by atomic mass is 16.5. The Bertz CT molecular complexity index is 779. The molecule has 24 heavy (non-hydrogen) atoms. The van der Waals surface area contributed by atoms with Crippen molar-refractivity contribution in [2.75, 3.05) is 14.2 Å². The molecule has 1 heterocycles. The van der Waals surface area contributed by atoms with Crippen molar-refractivity contribution in [3.8, 4) is 11.5 Å². The summed E-state index contributed by atoms with van der Waals surface area (Å²) < 4.78 is 12.3. The summed E-state index contributed by atoms with van der Waals surface area (Å²) in [5.74, 6) is -0.543. The topological polar surface area (TPSA) is 89.8 Å². The van der Waals surface area contributed by atoms with E-state index in [4.69, 9.17) is 9.47 Å². The van der Waals surface area contributed by atoms with Crippen molar-refractivity contribution in [3.63, 3.8) is 0 Å². The zero-order valence-electron chi connectivity index (χ0n) is 14.4. The van der Waals surface area contributed by atoms with Gasteiger partial charge in [-0.2, -0.15) is 0 Å². The van der Waals surface area contributed by atoms with E-state index in [-0.39, 0.29) is 5.92 Å². The van der Waals surface area contributed by atoms with Crippen LogP contribution >= 0.6 is 0 Å². The summed E-state index contributed by atoms with van der Waals surface area (Å²) in [6.07, 6.45) is 0. The zero-order chi connectivity index (χ0) is 18.0. The number of fused-ring (bicyclic) bond motifs is 1. The maximum Gasteiger partial charge on any atom is 0.326 e. The lowest BCUT2D eigenvalue weighted by molar-refractivity contribution is -0.140. The molecule has 2 N–H and O–H groups in total. The SMILES string of the molecule is COc1cc(OC)c2cc(C(=O)NC(C(=O)O)C(C)C)n(C)c2c1. The van der Waals surface area contributed by atoms with Gasteiger partial charge in [0, 0.05) is 24.6 Å². The number of aliphatic carboxylic acids is 1. The van der Waals surface area contributed by atoms with Gasteiger partial charge in [0.25, 0.3) is 5.91 Å². The second kappa shape index (κ2) is 6.82. The van der Waals surface area contributed by atoms with Gasteiger partial charge in [0.1, 0.15) is 23.2 Å². The van der Waals surface area contributed by atoms with E-state index in [1.54, 1.807) is 57.9 Å². The number of carboxylic acids is 1. The molecule has 0 saturated heterocycles. The number of carbonyl (C=O) groups is 2. The molecule has 7 heteroatoms. The second-order valence-electron chi connectivity index (χ2n) is 5.88. The molecule has 0 aliphatic carbocycles. The van der Waals surface area contributed by atoms with E-state index < -0.39 is 17.9 Å². The number of aryl methyl sites for hydroxylation is 1. The summed E-state index contributed by atoms with van der Waals surface area (Å²) in [6.45, 7) is 3.49. The predicted octanol–water partition coefficient (Wildman–Crippen LogP) is 2.03. The van der Waals surface area contributed by atoms with Gasteiger partial charge in [-0.05, 0) is 12.0 Å². The van der Waals surface area contributed by atoms with Gasteiger partial charge >= 0.3 is 5.97 Å².